The van der Waals surface area contributed by atoms with Gasteiger partial charge in [0.15, 0.2) is 0 Å². The molecule has 32 heavy (non-hydrogen) atoms. The fraction of sp³-hybridized carbons (Fsp3) is 0.200. The molecule has 0 bridgehead atoms. The normalized spacial score (nSPS) is 16.1. The van der Waals surface area contributed by atoms with E-state index in [1.54, 1.807) is 6.92 Å². The van der Waals surface area contributed by atoms with E-state index in [9.17, 15) is 31.5 Å². The molecule has 1 aliphatic heterocycles. The molecule has 0 fully saturated rings. The summed E-state index contributed by atoms with van der Waals surface area (Å²) in [6, 6.07) is 2.73. The number of carbonyl (C=O) groups excluding carboxylic acids is 2. The van der Waals surface area contributed by atoms with Crippen LogP contribution in [-0.4, -0.2) is 33.1 Å². The number of nitrogens with one attached hydrogen (secondary N) is 1. The van der Waals surface area contributed by atoms with Gasteiger partial charge in [-0.05, 0) is 25.1 Å². The SMILES string of the molecule is C[C@H]1CN(c2ccc(C(F)(F)F)c(F)c2)C(=O)c2c(C(=O)Nc3cncc(F)c3)cnn21. The van der Waals surface area contributed by atoms with Gasteiger partial charge in [0.1, 0.15) is 17.3 Å². The summed E-state index contributed by atoms with van der Waals surface area (Å²) < 4.78 is 67.3. The van der Waals surface area contributed by atoms with Crippen LogP contribution in [-0.2, 0) is 6.18 Å². The van der Waals surface area contributed by atoms with Crippen LogP contribution in [0.25, 0.3) is 0 Å². The van der Waals surface area contributed by atoms with Crippen molar-refractivity contribution in [3.05, 3.63) is 71.3 Å². The van der Waals surface area contributed by atoms with Crippen LogP contribution >= 0.6 is 0 Å². The Kier molecular flexibility index (Phi) is 5.15. The Hall–Kier alpha value is -3.83. The third kappa shape index (κ3) is 3.79. The van der Waals surface area contributed by atoms with Crippen LogP contribution in [0.15, 0.2) is 42.9 Å². The number of hydrogen-bond donors (Lipinski definition) is 1. The second-order valence-corrected chi connectivity index (χ2v) is 7.12. The number of rotatable bonds is 3. The van der Waals surface area contributed by atoms with Gasteiger partial charge in [-0.1, -0.05) is 0 Å². The van der Waals surface area contributed by atoms with E-state index in [1.807, 2.05) is 0 Å². The molecule has 12 heteroatoms. The Morgan fingerprint density at radius 2 is 1.91 bits per heavy atom. The second kappa shape index (κ2) is 7.70. The molecule has 0 unspecified atom stereocenters. The fourth-order valence-corrected chi connectivity index (χ4v) is 3.43. The minimum Gasteiger partial charge on any atom is -0.320 e. The first-order chi connectivity index (χ1) is 15.1. The summed E-state index contributed by atoms with van der Waals surface area (Å²) in [5.74, 6) is -3.71. The van der Waals surface area contributed by atoms with Crippen molar-refractivity contribution in [3.8, 4) is 0 Å². The van der Waals surface area contributed by atoms with E-state index in [1.165, 1.54) is 10.9 Å². The molecule has 0 radical (unpaired) electrons. The first-order valence-corrected chi connectivity index (χ1v) is 9.24. The lowest BCUT2D eigenvalue weighted by molar-refractivity contribution is -0.139. The quantitative estimate of drug-likeness (QED) is 0.610. The number of anilines is 2. The van der Waals surface area contributed by atoms with Crippen LogP contribution in [0, 0.1) is 11.6 Å². The largest absolute Gasteiger partial charge is 0.419 e. The van der Waals surface area contributed by atoms with Gasteiger partial charge in [0.2, 0.25) is 0 Å². The molecule has 1 aliphatic rings. The van der Waals surface area contributed by atoms with Gasteiger partial charge in [-0.25, -0.2) is 8.78 Å². The van der Waals surface area contributed by atoms with Crippen molar-refractivity contribution in [2.45, 2.75) is 19.1 Å². The van der Waals surface area contributed by atoms with Gasteiger partial charge in [0, 0.05) is 18.3 Å². The predicted molar refractivity (Wildman–Crippen MR) is 102 cm³/mol. The number of halogens is 5. The van der Waals surface area contributed by atoms with Crippen LogP contribution in [0.3, 0.4) is 0 Å². The lowest BCUT2D eigenvalue weighted by Gasteiger charge is -2.32. The maximum Gasteiger partial charge on any atom is 0.419 e. The summed E-state index contributed by atoms with van der Waals surface area (Å²) in [4.78, 5) is 30.5. The summed E-state index contributed by atoms with van der Waals surface area (Å²) in [6.07, 6.45) is -1.57. The molecule has 1 N–H and O–H groups in total. The van der Waals surface area contributed by atoms with Crippen LogP contribution in [0.1, 0.15) is 39.4 Å². The Balaban J connectivity index is 1.67. The minimum absolute atomic E-state index is 0.00675. The van der Waals surface area contributed by atoms with Gasteiger partial charge in [0.05, 0.1) is 41.4 Å². The standard InChI is InChI=1S/C20H14F5N5O2/c1-10-9-29(13-2-3-15(16(22)5-13)20(23,24)25)19(32)17-14(8-27-30(10)17)18(31)28-12-4-11(21)6-26-7-12/h2-8,10H,9H2,1H3,(H,28,31)/t10-/m0/s1. The molecule has 0 aliphatic carbocycles. The van der Waals surface area contributed by atoms with Crippen LogP contribution < -0.4 is 10.2 Å². The number of benzene rings is 1. The highest BCUT2D eigenvalue weighted by atomic mass is 19.4. The predicted octanol–water partition coefficient (Wildman–Crippen LogP) is 4.05. The highest BCUT2D eigenvalue weighted by molar-refractivity contribution is 6.15. The average molecular weight is 451 g/mol. The first-order valence-electron chi connectivity index (χ1n) is 9.24. The minimum atomic E-state index is -4.88. The third-order valence-corrected chi connectivity index (χ3v) is 4.88. The summed E-state index contributed by atoms with van der Waals surface area (Å²) in [5, 5.41) is 6.46. The van der Waals surface area contributed by atoms with Gasteiger partial charge in [-0.15, -0.1) is 0 Å². The van der Waals surface area contributed by atoms with E-state index in [0.29, 0.717) is 12.1 Å². The number of carbonyl (C=O) groups is 2. The highest BCUT2D eigenvalue weighted by Gasteiger charge is 2.37. The Bertz CT molecular complexity index is 1220. The zero-order valence-corrected chi connectivity index (χ0v) is 16.3. The monoisotopic (exact) mass is 451 g/mol. The van der Waals surface area contributed by atoms with E-state index < -0.39 is 41.2 Å². The van der Waals surface area contributed by atoms with Gasteiger partial charge >= 0.3 is 6.18 Å². The number of fused-ring (bicyclic) bond motifs is 1. The molecule has 0 saturated carbocycles. The number of alkyl halides is 3. The van der Waals surface area contributed by atoms with E-state index >= 15 is 0 Å². The molecule has 2 aromatic heterocycles. The molecule has 4 rings (SSSR count). The van der Waals surface area contributed by atoms with Crippen molar-refractivity contribution in [1.82, 2.24) is 14.8 Å². The summed E-state index contributed by atoms with van der Waals surface area (Å²) in [6.45, 7) is 1.67. The molecule has 0 saturated heterocycles. The van der Waals surface area contributed by atoms with Crippen molar-refractivity contribution in [3.63, 3.8) is 0 Å². The van der Waals surface area contributed by atoms with Crippen LogP contribution in [0.2, 0.25) is 0 Å². The summed E-state index contributed by atoms with van der Waals surface area (Å²) in [5.41, 5.74) is -1.77. The number of nitrogens with zero attached hydrogens (tertiary/aromatic N) is 4. The van der Waals surface area contributed by atoms with E-state index in [-0.39, 0.29) is 29.2 Å². The molecule has 0 spiro atoms. The van der Waals surface area contributed by atoms with Crippen molar-refractivity contribution in [1.29, 1.82) is 0 Å². The van der Waals surface area contributed by atoms with Gasteiger partial charge in [-0.3, -0.25) is 19.3 Å². The summed E-state index contributed by atoms with van der Waals surface area (Å²) in [7, 11) is 0. The first kappa shape index (κ1) is 21.4. The lowest BCUT2D eigenvalue weighted by atomic mass is 10.1. The van der Waals surface area contributed by atoms with Crippen LogP contribution in [0.5, 0.6) is 0 Å². The molecular weight excluding hydrogens is 437 g/mol. The molecule has 166 valence electrons. The number of amides is 2. The second-order valence-electron chi connectivity index (χ2n) is 7.12. The lowest BCUT2D eigenvalue weighted by Crippen LogP contribution is -2.43. The molecule has 1 atom stereocenters. The molecule has 3 aromatic rings. The van der Waals surface area contributed by atoms with E-state index in [2.05, 4.69) is 15.4 Å². The summed E-state index contributed by atoms with van der Waals surface area (Å²) >= 11 is 0. The fourth-order valence-electron chi connectivity index (χ4n) is 3.43. The maximum atomic E-state index is 14.1. The Morgan fingerprint density at radius 1 is 1.16 bits per heavy atom. The zero-order valence-electron chi connectivity index (χ0n) is 16.3. The van der Waals surface area contributed by atoms with Crippen molar-refractivity contribution in [2.24, 2.45) is 0 Å². The Labute approximate surface area is 177 Å². The molecule has 1 aromatic carbocycles. The zero-order chi connectivity index (χ0) is 23.2. The Morgan fingerprint density at radius 3 is 2.56 bits per heavy atom. The van der Waals surface area contributed by atoms with Crippen molar-refractivity contribution >= 4 is 23.2 Å². The smallest absolute Gasteiger partial charge is 0.320 e. The molecule has 3 heterocycles. The number of hydrogen-bond acceptors (Lipinski definition) is 4. The van der Waals surface area contributed by atoms with E-state index in [4.69, 9.17) is 0 Å². The van der Waals surface area contributed by atoms with E-state index in [0.717, 1.165) is 29.4 Å². The third-order valence-electron chi connectivity index (χ3n) is 4.88. The highest BCUT2D eigenvalue weighted by Crippen LogP contribution is 2.35. The molecular formula is C20H14F5N5O2. The number of pyridine rings is 1. The number of aromatic nitrogens is 3. The maximum absolute atomic E-state index is 14.1. The van der Waals surface area contributed by atoms with Crippen LogP contribution in [0.4, 0.5) is 33.3 Å². The van der Waals surface area contributed by atoms with Crippen molar-refractivity contribution in [2.75, 3.05) is 16.8 Å². The molecule has 2 amide bonds. The van der Waals surface area contributed by atoms with Gasteiger partial charge in [-0.2, -0.15) is 18.3 Å². The van der Waals surface area contributed by atoms with Crippen molar-refractivity contribution < 1.29 is 31.5 Å². The van der Waals surface area contributed by atoms with Gasteiger partial charge in [0.25, 0.3) is 11.8 Å². The average Bonchev–Trinajstić information content (AvgIpc) is 3.16. The van der Waals surface area contributed by atoms with Gasteiger partial charge < -0.3 is 10.2 Å². The topological polar surface area (TPSA) is 80.1 Å². The molecule has 7 nitrogen and oxygen atoms in total.